The molecule has 8 heteroatoms. The number of carbonyl (C=O) groups excluding carboxylic acids is 1. The van der Waals surface area contributed by atoms with Gasteiger partial charge in [0.1, 0.15) is 0 Å². The molecular weight excluding hydrogens is 313 g/mol. The van der Waals surface area contributed by atoms with Crippen molar-refractivity contribution in [2.75, 3.05) is 18.4 Å². The highest BCUT2D eigenvalue weighted by molar-refractivity contribution is 5.92. The van der Waals surface area contributed by atoms with Crippen LogP contribution in [0.15, 0.2) is 36.8 Å². The summed E-state index contributed by atoms with van der Waals surface area (Å²) in [6.07, 6.45) is 6.07. The lowest BCUT2D eigenvalue weighted by atomic mass is 10.1. The number of hydrogen-bond acceptors (Lipinski definition) is 4. The number of hydrogen-bond donors (Lipinski definition) is 2. The van der Waals surface area contributed by atoms with E-state index in [-0.39, 0.29) is 36.6 Å². The smallest absolute Gasteiger partial charge is 0.228 e. The molecule has 1 amide bonds. The van der Waals surface area contributed by atoms with E-state index in [0.29, 0.717) is 5.69 Å². The molecule has 1 aliphatic rings. The Morgan fingerprint density at radius 2 is 2.24 bits per heavy atom. The van der Waals surface area contributed by atoms with Gasteiger partial charge in [-0.25, -0.2) is 9.67 Å². The lowest BCUT2D eigenvalue weighted by molar-refractivity contribution is -0.119. The SMILES string of the molecule is Cl.Cl.O=C(Nc1ccc(-n2cccn2)nc1)C1CCNC1. The predicted octanol–water partition coefficient (Wildman–Crippen LogP) is 1.66. The Morgan fingerprint density at radius 3 is 2.81 bits per heavy atom. The summed E-state index contributed by atoms with van der Waals surface area (Å²) in [7, 11) is 0. The van der Waals surface area contributed by atoms with Crippen LogP contribution in [0.25, 0.3) is 5.82 Å². The standard InChI is InChI=1S/C13H15N5O.2ClH/c19-13(10-4-6-14-8-10)17-11-2-3-12(15-9-11)18-7-1-5-16-18;;/h1-3,5,7,9-10,14H,4,6,8H2,(H,17,19);2*1H. The number of carbonyl (C=O) groups is 1. The van der Waals surface area contributed by atoms with Gasteiger partial charge in [-0.3, -0.25) is 4.79 Å². The molecule has 0 aromatic carbocycles. The minimum absolute atomic E-state index is 0. The van der Waals surface area contributed by atoms with Crippen LogP contribution in [-0.4, -0.2) is 33.8 Å². The number of nitrogens with zero attached hydrogens (tertiary/aromatic N) is 3. The van der Waals surface area contributed by atoms with E-state index >= 15 is 0 Å². The maximum atomic E-state index is 11.9. The highest BCUT2D eigenvalue weighted by atomic mass is 35.5. The summed E-state index contributed by atoms with van der Waals surface area (Å²) in [4.78, 5) is 16.2. The minimum Gasteiger partial charge on any atom is -0.324 e. The van der Waals surface area contributed by atoms with Gasteiger partial charge in [0.25, 0.3) is 0 Å². The van der Waals surface area contributed by atoms with E-state index in [1.807, 2.05) is 24.4 Å². The highest BCUT2D eigenvalue weighted by Gasteiger charge is 2.22. The first kappa shape index (κ1) is 17.4. The number of amides is 1. The zero-order valence-corrected chi connectivity index (χ0v) is 12.9. The normalized spacial score (nSPS) is 16.7. The minimum atomic E-state index is 0. The third kappa shape index (κ3) is 4.17. The van der Waals surface area contributed by atoms with Gasteiger partial charge in [-0.05, 0) is 31.2 Å². The summed E-state index contributed by atoms with van der Waals surface area (Å²) in [6, 6.07) is 5.50. The van der Waals surface area contributed by atoms with Crippen LogP contribution in [0.5, 0.6) is 0 Å². The first-order chi connectivity index (χ1) is 9.33. The van der Waals surface area contributed by atoms with Crippen LogP contribution in [0.3, 0.4) is 0 Å². The van der Waals surface area contributed by atoms with E-state index in [4.69, 9.17) is 0 Å². The van der Waals surface area contributed by atoms with Crippen LogP contribution in [0.1, 0.15) is 6.42 Å². The van der Waals surface area contributed by atoms with E-state index in [2.05, 4.69) is 20.7 Å². The largest absolute Gasteiger partial charge is 0.324 e. The molecule has 3 rings (SSSR count). The van der Waals surface area contributed by atoms with Crippen molar-refractivity contribution in [2.24, 2.45) is 5.92 Å². The van der Waals surface area contributed by atoms with Gasteiger partial charge in [0.15, 0.2) is 5.82 Å². The van der Waals surface area contributed by atoms with Crippen molar-refractivity contribution < 1.29 is 4.79 Å². The Balaban J connectivity index is 0.00000110. The Bertz CT molecular complexity index is 552. The topological polar surface area (TPSA) is 71.8 Å². The quantitative estimate of drug-likeness (QED) is 0.898. The average molecular weight is 330 g/mol. The molecule has 1 atom stereocenters. The van der Waals surface area contributed by atoms with Crippen molar-refractivity contribution in [3.63, 3.8) is 0 Å². The summed E-state index contributed by atoms with van der Waals surface area (Å²) in [5.41, 5.74) is 0.716. The zero-order chi connectivity index (χ0) is 13.1. The number of nitrogens with one attached hydrogen (secondary N) is 2. The van der Waals surface area contributed by atoms with Crippen LogP contribution >= 0.6 is 24.8 Å². The van der Waals surface area contributed by atoms with E-state index < -0.39 is 0 Å². The Kier molecular flexibility index (Phi) is 6.61. The zero-order valence-electron chi connectivity index (χ0n) is 11.2. The maximum Gasteiger partial charge on any atom is 0.228 e. The molecule has 2 N–H and O–H groups in total. The van der Waals surface area contributed by atoms with Crippen molar-refractivity contribution >= 4 is 36.4 Å². The molecule has 114 valence electrons. The molecule has 1 saturated heterocycles. The Hall–Kier alpha value is -1.63. The molecule has 1 fully saturated rings. The van der Waals surface area contributed by atoms with Gasteiger partial charge in [-0.2, -0.15) is 5.10 Å². The molecule has 2 aromatic heterocycles. The van der Waals surface area contributed by atoms with Crippen molar-refractivity contribution in [2.45, 2.75) is 6.42 Å². The van der Waals surface area contributed by atoms with Crippen LogP contribution in [-0.2, 0) is 4.79 Å². The number of anilines is 1. The van der Waals surface area contributed by atoms with E-state index in [9.17, 15) is 4.79 Å². The molecule has 0 aliphatic carbocycles. The third-order valence-corrected chi connectivity index (χ3v) is 3.19. The number of halogens is 2. The summed E-state index contributed by atoms with van der Waals surface area (Å²) < 4.78 is 1.67. The molecule has 0 bridgehead atoms. The fraction of sp³-hybridized carbons (Fsp3) is 0.308. The number of rotatable bonds is 3. The van der Waals surface area contributed by atoms with Crippen LogP contribution < -0.4 is 10.6 Å². The van der Waals surface area contributed by atoms with Crippen molar-refractivity contribution in [3.8, 4) is 5.82 Å². The van der Waals surface area contributed by atoms with E-state index in [1.165, 1.54) is 0 Å². The van der Waals surface area contributed by atoms with Crippen molar-refractivity contribution in [1.29, 1.82) is 0 Å². The first-order valence-corrected chi connectivity index (χ1v) is 6.30. The molecule has 0 radical (unpaired) electrons. The number of pyridine rings is 1. The highest BCUT2D eigenvalue weighted by Crippen LogP contribution is 2.13. The van der Waals surface area contributed by atoms with Crippen LogP contribution in [0, 0.1) is 5.92 Å². The van der Waals surface area contributed by atoms with Crippen LogP contribution in [0.2, 0.25) is 0 Å². The van der Waals surface area contributed by atoms with Gasteiger partial charge >= 0.3 is 0 Å². The molecule has 21 heavy (non-hydrogen) atoms. The van der Waals surface area contributed by atoms with Gasteiger partial charge in [-0.15, -0.1) is 24.8 Å². The summed E-state index contributed by atoms with van der Waals surface area (Å²) in [5.74, 6) is 0.843. The van der Waals surface area contributed by atoms with Gasteiger partial charge in [-0.1, -0.05) is 0 Å². The summed E-state index contributed by atoms with van der Waals surface area (Å²) >= 11 is 0. The fourth-order valence-corrected chi connectivity index (χ4v) is 2.12. The fourth-order valence-electron chi connectivity index (χ4n) is 2.12. The Labute approximate surface area is 135 Å². The van der Waals surface area contributed by atoms with E-state index in [0.717, 1.165) is 25.3 Å². The molecule has 0 spiro atoms. The number of aromatic nitrogens is 3. The van der Waals surface area contributed by atoms with Gasteiger partial charge in [0, 0.05) is 18.9 Å². The lowest BCUT2D eigenvalue weighted by Crippen LogP contribution is -2.24. The van der Waals surface area contributed by atoms with Gasteiger partial charge in [0.2, 0.25) is 5.91 Å². The van der Waals surface area contributed by atoms with Crippen LogP contribution in [0.4, 0.5) is 5.69 Å². The summed E-state index contributed by atoms with van der Waals surface area (Å²) in [6.45, 7) is 1.67. The Morgan fingerprint density at radius 1 is 1.38 bits per heavy atom. The first-order valence-electron chi connectivity index (χ1n) is 6.30. The van der Waals surface area contributed by atoms with Crippen molar-refractivity contribution in [1.82, 2.24) is 20.1 Å². The second-order valence-electron chi connectivity index (χ2n) is 4.53. The molecule has 0 saturated carbocycles. The monoisotopic (exact) mass is 329 g/mol. The second kappa shape index (κ2) is 7.97. The molecule has 3 heterocycles. The molecular formula is C13H17Cl2N5O. The maximum absolute atomic E-state index is 11.9. The summed E-state index contributed by atoms with van der Waals surface area (Å²) in [5, 5.41) is 10.2. The lowest BCUT2D eigenvalue weighted by Gasteiger charge is -2.09. The average Bonchev–Trinajstić information content (AvgIpc) is 3.13. The van der Waals surface area contributed by atoms with Crippen molar-refractivity contribution in [3.05, 3.63) is 36.8 Å². The molecule has 1 aliphatic heterocycles. The van der Waals surface area contributed by atoms with Gasteiger partial charge in [0.05, 0.1) is 17.8 Å². The third-order valence-electron chi connectivity index (χ3n) is 3.19. The predicted molar refractivity (Wildman–Crippen MR) is 85.5 cm³/mol. The van der Waals surface area contributed by atoms with Gasteiger partial charge < -0.3 is 10.6 Å². The molecule has 6 nitrogen and oxygen atoms in total. The molecule has 1 unspecified atom stereocenters. The second-order valence-corrected chi connectivity index (χ2v) is 4.53. The molecule has 2 aromatic rings. The van der Waals surface area contributed by atoms with E-state index in [1.54, 1.807) is 17.1 Å².